The van der Waals surface area contributed by atoms with E-state index in [0.29, 0.717) is 104 Å². The first-order valence-electron chi connectivity index (χ1n) is 26.3. The summed E-state index contributed by atoms with van der Waals surface area (Å²) in [5.74, 6) is -1.28. The van der Waals surface area contributed by atoms with Gasteiger partial charge in [-0.05, 0) is 102 Å². The molecular formula is C54H61F6N17O2. The first-order valence-corrected chi connectivity index (χ1v) is 26.3. The van der Waals surface area contributed by atoms with E-state index in [4.69, 9.17) is 10.1 Å². The average molecular weight is 1090 g/mol. The van der Waals surface area contributed by atoms with E-state index in [1.165, 1.54) is 12.4 Å². The van der Waals surface area contributed by atoms with E-state index in [-0.39, 0.29) is 35.1 Å². The second kappa shape index (κ2) is 21.7. The van der Waals surface area contributed by atoms with Crippen molar-refractivity contribution in [3.63, 3.8) is 0 Å². The van der Waals surface area contributed by atoms with Crippen molar-refractivity contribution in [3.8, 4) is 0 Å². The molecular weight excluding hydrogens is 1030 g/mol. The van der Waals surface area contributed by atoms with Crippen LogP contribution in [-0.4, -0.2) is 105 Å². The molecule has 2 atom stereocenters. The maximum absolute atomic E-state index is 14.4. The number of aromatic nitrogens is 6. The SMILES string of the molecule is CCN1CCN(c2cc(C(F)(F)F)cc(NC(=O)c3cnc(CCn4ncc(C5CN(c6cc(C(=O)Nc7cc(C(F)(F)F)cc(N8CCCC8)c7C)cnc6C)N=N5)c4C)c(N4CC(c5cnn(C)c5C)N=N4)c3)c2C)CC1. The Kier molecular flexibility index (Phi) is 14.9. The van der Waals surface area contributed by atoms with E-state index in [9.17, 15) is 35.9 Å². The van der Waals surface area contributed by atoms with Gasteiger partial charge in [0.1, 0.15) is 12.1 Å². The molecule has 4 aromatic heterocycles. The fourth-order valence-corrected chi connectivity index (χ4v) is 10.6. The fourth-order valence-electron chi connectivity index (χ4n) is 10.6. The lowest BCUT2D eigenvalue weighted by atomic mass is 10.0. The van der Waals surface area contributed by atoms with Crippen LogP contribution in [0.5, 0.6) is 0 Å². The number of rotatable bonds is 14. The molecule has 0 saturated carbocycles. The molecule has 79 heavy (non-hydrogen) atoms. The topological polar surface area (TPSA) is 185 Å². The second-order valence-electron chi connectivity index (χ2n) is 20.4. The van der Waals surface area contributed by atoms with Gasteiger partial charge in [-0.3, -0.25) is 28.9 Å². The summed E-state index contributed by atoms with van der Waals surface area (Å²) in [6.45, 7) is 16.6. The predicted molar refractivity (Wildman–Crippen MR) is 286 cm³/mol. The minimum absolute atomic E-state index is 0.0441. The van der Waals surface area contributed by atoms with E-state index in [1.54, 1.807) is 60.0 Å². The van der Waals surface area contributed by atoms with Gasteiger partial charge in [-0.25, -0.2) is 10.0 Å². The Morgan fingerprint density at radius 3 is 1.65 bits per heavy atom. The van der Waals surface area contributed by atoms with Crippen molar-refractivity contribution < 1.29 is 35.9 Å². The number of anilines is 6. The number of hydrogen-bond donors (Lipinski definition) is 2. The van der Waals surface area contributed by atoms with E-state index >= 15 is 0 Å². The number of piperazine rings is 1. The first-order chi connectivity index (χ1) is 37.6. The number of benzene rings is 2. The highest BCUT2D eigenvalue weighted by molar-refractivity contribution is 6.06. The monoisotopic (exact) mass is 1090 g/mol. The lowest BCUT2D eigenvalue weighted by Gasteiger charge is -2.37. The van der Waals surface area contributed by atoms with Crippen LogP contribution < -0.4 is 30.5 Å². The van der Waals surface area contributed by atoms with Crippen LogP contribution in [0.15, 0.2) is 81.9 Å². The Morgan fingerprint density at radius 1 is 0.608 bits per heavy atom. The van der Waals surface area contributed by atoms with Gasteiger partial charge in [0.15, 0.2) is 0 Å². The Hall–Kier alpha value is -7.96. The summed E-state index contributed by atoms with van der Waals surface area (Å²) in [7, 11) is 1.84. The van der Waals surface area contributed by atoms with E-state index < -0.39 is 41.3 Å². The smallest absolute Gasteiger partial charge is 0.371 e. The maximum Gasteiger partial charge on any atom is 0.416 e. The minimum Gasteiger partial charge on any atom is -0.371 e. The highest BCUT2D eigenvalue weighted by atomic mass is 19.4. The van der Waals surface area contributed by atoms with Crippen molar-refractivity contribution in [2.45, 2.75) is 91.8 Å². The molecule has 6 aromatic rings. The molecule has 2 N–H and O–H groups in total. The number of likely N-dealkylation sites (N-methyl/N-ethyl adjacent to an activating group) is 1. The van der Waals surface area contributed by atoms with Crippen molar-refractivity contribution in [2.24, 2.45) is 27.7 Å². The van der Waals surface area contributed by atoms with Crippen LogP contribution in [0.1, 0.15) is 109 Å². The molecule has 10 rings (SSSR count). The Labute approximate surface area is 452 Å². The van der Waals surface area contributed by atoms with Crippen LogP contribution in [-0.2, 0) is 32.4 Å². The number of pyridine rings is 2. The summed E-state index contributed by atoms with van der Waals surface area (Å²) in [5, 5.41) is 36.0. The number of nitrogens with one attached hydrogen (secondary N) is 2. The molecule has 0 radical (unpaired) electrons. The largest absolute Gasteiger partial charge is 0.416 e. The van der Waals surface area contributed by atoms with Gasteiger partial charge >= 0.3 is 12.4 Å². The van der Waals surface area contributed by atoms with E-state index in [2.05, 4.69) is 46.3 Å². The summed E-state index contributed by atoms with van der Waals surface area (Å²) in [4.78, 5) is 43.2. The molecule has 2 aromatic carbocycles. The van der Waals surface area contributed by atoms with Crippen LogP contribution in [0.3, 0.4) is 0 Å². The molecule has 0 bridgehead atoms. The molecule has 2 amide bonds. The summed E-state index contributed by atoms with van der Waals surface area (Å²) >= 11 is 0. The number of amides is 2. The molecule has 4 aliphatic heterocycles. The number of alkyl halides is 6. The molecule has 19 nitrogen and oxygen atoms in total. The number of nitrogens with zero attached hydrogens (tertiary/aromatic N) is 15. The highest BCUT2D eigenvalue weighted by Crippen LogP contribution is 2.41. The third kappa shape index (κ3) is 11.2. The Morgan fingerprint density at radius 2 is 1.11 bits per heavy atom. The minimum atomic E-state index is -4.66. The van der Waals surface area contributed by atoms with E-state index in [0.717, 1.165) is 66.2 Å². The number of halogens is 6. The summed E-state index contributed by atoms with van der Waals surface area (Å²) in [6, 6.07) is 6.62. The first kappa shape index (κ1) is 54.4. The summed E-state index contributed by atoms with van der Waals surface area (Å²) < 4.78 is 89.0. The van der Waals surface area contributed by atoms with Crippen molar-refractivity contribution in [1.82, 2.24) is 34.4 Å². The van der Waals surface area contributed by atoms with Crippen molar-refractivity contribution in [3.05, 3.63) is 128 Å². The van der Waals surface area contributed by atoms with Gasteiger partial charge in [0.05, 0.1) is 70.5 Å². The molecule has 25 heteroatoms. The third-order valence-corrected chi connectivity index (χ3v) is 15.6. The number of carbonyl (C=O) groups is 2. The number of carbonyl (C=O) groups excluding carboxylic acids is 2. The molecule has 8 heterocycles. The van der Waals surface area contributed by atoms with Crippen LogP contribution in [0.4, 0.5) is 60.5 Å². The fraction of sp³-hybridized carbons (Fsp3) is 0.444. The van der Waals surface area contributed by atoms with Gasteiger partial charge in [0.2, 0.25) is 0 Å². The quantitative estimate of drug-likeness (QED) is 0.0989. The van der Waals surface area contributed by atoms with Crippen molar-refractivity contribution in [2.75, 3.05) is 89.4 Å². The molecule has 2 saturated heterocycles. The lowest BCUT2D eigenvalue weighted by Crippen LogP contribution is -2.46. The van der Waals surface area contributed by atoms with Crippen LogP contribution in [0.25, 0.3) is 0 Å². The van der Waals surface area contributed by atoms with Crippen LogP contribution >= 0.6 is 0 Å². The van der Waals surface area contributed by atoms with Gasteiger partial charge in [-0.2, -0.15) is 46.8 Å². The molecule has 2 fully saturated rings. The van der Waals surface area contributed by atoms with Gasteiger partial charge < -0.3 is 25.3 Å². The van der Waals surface area contributed by atoms with Crippen molar-refractivity contribution in [1.29, 1.82) is 0 Å². The van der Waals surface area contributed by atoms with Gasteiger partial charge in [-0.15, -0.1) is 0 Å². The molecule has 4 aliphatic rings. The van der Waals surface area contributed by atoms with Crippen molar-refractivity contribution >= 4 is 45.9 Å². The molecule has 0 aliphatic carbocycles. The molecule has 2 unspecified atom stereocenters. The van der Waals surface area contributed by atoms with Gasteiger partial charge in [0.25, 0.3) is 11.8 Å². The zero-order valence-corrected chi connectivity index (χ0v) is 44.9. The van der Waals surface area contributed by atoms with Crippen LogP contribution in [0, 0.1) is 34.6 Å². The van der Waals surface area contributed by atoms with Gasteiger partial charge in [0, 0.05) is 117 Å². The number of aryl methyl sites for hydroxylation is 4. The predicted octanol–water partition coefficient (Wildman–Crippen LogP) is 10.3. The second-order valence-corrected chi connectivity index (χ2v) is 20.4. The third-order valence-electron chi connectivity index (χ3n) is 15.6. The Bertz CT molecular complexity index is 3350. The zero-order chi connectivity index (χ0) is 56.1. The van der Waals surface area contributed by atoms with E-state index in [1.807, 2.05) is 42.3 Å². The highest BCUT2D eigenvalue weighted by Gasteiger charge is 2.36. The normalized spacial score (nSPS) is 17.9. The zero-order valence-electron chi connectivity index (χ0n) is 44.9. The molecule has 0 spiro atoms. The summed E-state index contributed by atoms with van der Waals surface area (Å²) in [5.41, 5.74) is 6.00. The summed E-state index contributed by atoms with van der Waals surface area (Å²) in [6.07, 6.45) is -0.980. The number of hydrogen-bond acceptors (Lipinski definition) is 15. The Balaban J connectivity index is 0.858. The molecule has 416 valence electrons. The lowest BCUT2D eigenvalue weighted by molar-refractivity contribution is -0.138. The standard InChI is InChI=1S/C54H61F6N17O2/c1-8-72-15-17-74(18-16-72)48-24-39(54(58,59)60)22-44(32(48)3)66-52(79)37-20-50(77-30-45(67-70-77)40-27-63-71(7)34(40)5)42(62-26-37)11-14-75-35(6)41(28-64-75)46-29-76(69-68-46)49-19-36(25-61-33(49)4)51(78)65-43-21-38(53(55,56)57)23-47(31(43)2)73-12-9-10-13-73/h19-28,45-46H,8-18,29-30H2,1-7H3,(H,65,78)(H,66,79). The van der Waals surface area contributed by atoms with Gasteiger partial charge in [-0.1, -0.05) is 17.4 Å². The maximum atomic E-state index is 14.4. The van der Waals surface area contributed by atoms with Crippen LogP contribution in [0.2, 0.25) is 0 Å². The average Bonchev–Trinajstić information content (AvgIpc) is 4.32.